The molecule has 0 saturated carbocycles. The van der Waals surface area contributed by atoms with E-state index in [2.05, 4.69) is 36.3 Å². The second-order valence-electron chi connectivity index (χ2n) is 5.28. The molecule has 0 aromatic rings. The van der Waals surface area contributed by atoms with Crippen LogP contribution in [0.15, 0.2) is 12.2 Å². The van der Waals surface area contributed by atoms with Gasteiger partial charge in [-0.3, -0.25) is 0 Å². The lowest BCUT2D eigenvalue weighted by Crippen LogP contribution is -2.50. The molecule has 1 heterocycles. The summed E-state index contributed by atoms with van der Waals surface area (Å²) < 4.78 is 0. The van der Waals surface area contributed by atoms with Gasteiger partial charge in [0.1, 0.15) is 0 Å². The number of nitrogens with zero attached hydrogens (tertiary/aromatic N) is 1. The zero-order valence-electron chi connectivity index (χ0n) is 10.1. The lowest BCUT2D eigenvalue weighted by atomic mass is 9.91. The average molecular weight is 208 g/mol. The Balaban J connectivity index is 1.80. The summed E-state index contributed by atoms with van der Waals surface area (Å²) in [4.78, 5) is 2.45. The van der Waals surface area contributed by atoms with Gasteiger partial charge in [0.25, 0.3) is 0 Å². The van der Waals surface area contributed by atoms with Gasteiger partial charge in [-0.15, -0.1) is 0 Å². The van der Waals surface area contributed by atoms with Gasteiger partial charge in [-0.25, -0.2) is 0 Å². The van der Waals surface area contributed by atoms with Crippen LogP contribution in [0.1, 0.15) is 32.6 Å². The Hall–Kier alpha value is -0.340. The van der Waals surface area contributed by atoms with E-state index < -0.39 is 0 Å². The number of hydrogen-bond donors (Lipinski definition) is 1. The van der Waals surface area contributed by atoms with Crippen LogP contribution in [-0.2, 0) is 0 Å². The van der Waals surface area contributed by atoms with Crippen LogP contribution in [0.4, 0.5) is 0 Å². The number of hydrogen-bond acceptors (Lipinski definition) is 2. The zero-order chi connectivity index (χ0) is 10.7. The third-order valence-electron chi connectivity index (χ3n) is 3.83. The van der Waals surface area contributed by atoms with Gasteiger partial charge in [-0.1, -0.05) is 19.1 Å². The number of piperidine rings is 1. The van der Waals surface area contributed by atoms with E-state index in [1.165, 1.54) is 38.8 Å². The Morgan fingerprint density at radius 2 is 2.13 bits per heavy atom. The first-order valence-corrected chi connectivity index (χ1v) is 6.35. The van der Waals surface area contributed by atoms with Crippen LogP contribution in [0.5, 0.6) is 0 Å². The van der Waals surface area contributed by atoms with E-state index in [1.54, 1.807) is 0 Å². The molecule has 1 aliphatic heterocycles. The summed E-state index contributed by atoms with van der Waals surface area (Å²) in [5.74, 6) is 0.801. The molecule has 3 unspecified atom stereocenters. The molecular formula is C13H24N2. The molecule has 3 atom stereocenters. The molecule has 1 fully saturated rings. The fourth-order valence-corrected chi connectivity index (χ4v) is 2.85. The maximum absolute atomic E-state index is 3.85. The smallest absolute Gasteiger partial charge is 0.0120 e. The van der Waals surface area contributed by atoms with E-state index in [9.17, 15) is 0 Å². The van der Waals surface area contributed by atoms with Gasteiger partial charge in [0.05, 0.1) is 0 Å². The van der Waals surface area contributed by atoms with Crippen molar-refractivity contribution < 1.29 is 0 Å². The summed E-state index contributed by atoms with van der Waals surface area (Å²) in [6.45, 7) is 4.89. The van der Waals surface area contributed by atoms with Crippen molar-refractivity contribution in [2.24, 2.45) is 5.92 Å². The summed E-state index contributed by atoms with van der Waals surface area (Å²) in [6.07, 6.45) is 9.79. The molecule has 1 N–H and O–H groups in total. The zero-order valence-corrected chi connectivity index (χ0v) is 10.1. The molecule has 0 bridgehead atoms. The second kappa shape index (κ2) is 5.13. The Kier molecular flexibility index (Phi) is 3.81. The Bertz CT molecular complexity index is 225. The number of rotatable bonds is 2. The molecule has 0 amide bonds. The highest BCUT2D eigenvalue weighted by Gasteiger charge is 2.25. The van der Waals surface area contributed by atoms with Gasteiger partial charge < -0.3 is 10.2 Å². The quantitative estimate of drug-likeness (QED) is 0.699. The third-order valence-corrected chi connectivity index (χ3v) is 3.83. The monoisotopic (exact) mass is 208 g/mol. The molecule has 0 aromatic carbocycles. The summed E-state index contributed by atoms with van der Waals surface area (Å²) in [6, 6.07) is 1.49. The summed E-state index contributed by atoms with van der Waals surface area (Å²) in [5.41, 5.74) is 0. The third kappa shape index (κ3) is 3.05. The van der Waals surface area contributed by atoms with Crippen LogP contribution in [0.2, 0.25) is 0 Å². The van der Waals surface area contributed by atoms with Crippen LogP contribution in [0.25, 0.3) is 0 Å². The fraction of sp³-hybridized carbons (Fsp3) is 0.846. The minimum atomic E-state index is 0.742. The maximum atomic E-state index is 3.85. The lowest BCUT2D eigenvalue weighted by molar-refractivity contribution is 0.164. The van der Waals surface area contributed by atoms with E-state index in [0.29, 0.717) is 0 Å². The predicted molar refractivity (Wildman–Crippen MR) is 65.0 cm³/mol. The first-order valence-electron chi connectivity index (χ1n) is 6.35. The van der Waals surface area contributed by atoms with Crippen molar-refractivity contribution in [3.63, 3.8) is 0 Å². The molecule has 1 aliphatic carbocycles. The van der Waals surface area contributed by atoms with Gasteiger partial charge >= 0.3 is 0 Å². The molecule has 2 heteroatoms. The molecule has 86 valence electrons. The minimum absolute atomic E-state index is 0.742. The fourth-order valence-electron chi connectivity index (χ4n) is 2.85. The van der Waals surface area contributed by atoms with E-state index in [-0.39, 0.29) is 0 Å². The van der Waals surface area contributed by atoms with Crippen molar-refractivity contribution in [2.45, 2.75) is 44.7 Å². The largest absolute Gasteiger partial charge is 0.311 e. The van der Waals surface area contributed by atoms with E-state index in [1.807, 2.05) is 0 Å². The normalized spacial score (nSPS) is 38.1. The first-order chi connectivity index (χ1) is 7.25. The summed E-state index contributed by atoms with van der Waals surface area (Å²) in [7, 11) is 2.23. The number of allylic oxidation sites excluding steroid dienone is 1. The average Bonchev–Trinajstić information content (AvgIpc) is 2.24. The highest BCUT2D eigenvalue weighted by molar-refractivity contribution is 4.95. The highest BCUT2D eigenvalue weighted by atomic mass is 15.1. The molecular weight excluding hydrogens is 184 g/mol. The second-order valence-corrected chi connectivity index (χ2v) is 5.28. The molecule has 0 aromatic heterocycles. The van der Waals surface area contributed by atoms with Gasteiger partial charge in [0, 0.05) is 18.6 Å². The topological polar surface area (TPSA) is 15.3 Å². The van der Waals surface area contributed by atoms with Crippen LogP contribution in [0, 0.1) is 5.92 Å². The van der Waals surface area contributed by atoms with Crippen molar-refractivity contribution >= 4 is 0 Å². The van der Waals surface area contributed by atoms with Gasteiger partial charge in [-0.2, -0.15) is 0 Å². The van der Waals surface area contributed by atoms with Crippen LogP contribution in [0.3, 0.4) is 0 Å². The Morgan fingerprint density at radius 3 is 2.80 bits per heavy atom. The molecule has 0 radical (unpaired) electrons. The van der Waals surface area contributed by atoms with Gasteiger partial charge in [0.15, 0.2) is 0 Å². The Labute approximate surface area is 93.7 Å². The van der Waals surface area contributed by atoms with Gasteiger partial charge in [-0.05, 0) is 45.2 Å². The summed E-state index contributed by atoms with van der Waals surface area (Å²) in [5, 5.41) is 3.85. The molecule has 2 aliphatic rings. The van der Waals surface area contributed by atoms with Crippen LogP contribution < -0.4 is 5.32 Å². The number of likely N-dealkylation sites (tertiary alicyclic amines) is 1. The van der Waals surface area contributed by atoms with E-state index >= 15 is 0 Å². The lowest BCUT2D eigenvalue weighted by Gasteiger charge is -2.37. The molecule has 2 nitrogen and oxygen atoms in total. The van der Waals surface area contributed by atoms with Crippen LogP contribution >= 0.6 is 0 Å². The highest BCUT2D eigenvalue weighted by Crippen LogP contribution is 2.19. The van der Waals surface area contributed by atoms with Crippen molar-refractivity contribution in [1.82, 2.24) is 10.2 Å². The molecule has 1 saturated heterocycles. The van der Waals surface area contributed by atoms with Crippen molar-refractivity contribution in [3.8, 4) is 0 Å². The molecule has 15 heavy (non-hydrogen) atoms. The molecule has 0 spiro atoms. The van der Waals surface area contributed by atoms with E-state index in [4.69, 9.17) is 0 Å². The van der Waals surface area contributed by atoms with Crippen molar-refractivity contribution in [1.29, 1.82) is 0 Å². The number of nitrogens with one attached hydrogen (secondary N) is 1. The van der Waals surface area contributed by atoms with Crippen molar-refractivity contribution in [3.05, 3.63) is 12.2 Å². The minimum Gasteiger partial charge on any atom is -0.311 e. The van der Waals surface area contributed by atoms with E-state index in [0.717, 1.165) is 18.0 Å². The van der Waals surface area contributed by atoms with Crippen LogP contribution in [-0.4, -0.2) is 37.1 Å². The SMILES string of the molecule is CC1CN(C)CCC1NC1CC=CCC1. The Morgan fingerprint density at radius 1 is 1.27 bits per heavy atom. The molecule has 2 rings (SSSR count). The maximum Gasteiger partial charge on any atom is 0.0120 e. The van der Waals surface area contributed by atoms with Gasteiger partial charge in [0.2, 0.25) is 0 Å². The van der Waals surface area contributed by atoms with Crippen molar-refractivity contribution in [2.75, 3.05) is 20.1 Å². The first kappa shape index (κ1) is 11.2. The predicted octanol–water partition coefficient (Wildman–Crippen LogP) is 2.02. The standard InChI is InChI=1S/C13H24N2/c1-11-10-15(2)9-8-13(11)14-12-6-4-3-5-7-12/h3-4,11-14H,5-10H2,1-2H3. The summed E-state index contributed by atoms with van der Waals surface area (Å²) >= 11 is 0.